The van der Waals surface area contributed by atoms with E-state index < -0.39 is 17.5 Å². The molecule has 1 aromatic heterocycles. The fraction of sp³-hybridized carbons (Fsp3) is 0.526. The van der Waals surface area contributed by atoms with Gasteiger partial charge >= 0.3 is 0 Å². The van der Waals surface area contributed by atoms with E-state index in [-0.39, 0.29) is 0 Å². The van der Waals surface area contributed by atoms with Crippen LogP contribution in [0.25, 0.3) is 0 Å². The second-order valence-electron chi connectivity index (χ2n) is 7.31. The molecular formula is C19H22F3N3. The molecule has 0 unspecified atom stereocenters. The first kappa shape index (κ1) is 16.6. The van der Waals surface area contributed by atoms with E-state index in [1.807, 2.05) is 6.20 Å². The molecule has 134 valence electrons. The molecule has 0 bridgehead atoms. The Morgan fingerprint density at radius 3 is 2.32 bits per heavy atom. The Kier molecular flexibility index (Phi) is 4.54. The number of rotatable bonds is 5. The summed E-state index contributed by atoms with van der Waals surface area (Å²) < 4.78 is 42.1. The fourth-order valence-corrected chi connectivity index (χ4v) is 3.72. The third kappa shape index (κ3) is 3.73. The van der Waals surface area contributed by atoms with Gasteiger partial charge in [0.2, 0.25) is 0 Å². The van der Waals surface area contributed by atoms with Crippen molar-refractivity contribution < 1.29 is 13.2 Å². The zero-order chi connectivity index (χ0) is 17.4. The molecule has 25 heavy (non-hydrogen) atoms. The molecular weight excluding hydrogens is 327 g/mol. The average molecular weight is 349 g/mol. The van der Waals surface area contributed by atoms with Gasteiger partial charge in [-0.25, -0.2) is 18.2 Å². The number of halogens is 3. The van der Waals surface area contributed by atoms with Gasteiger partial charge < -0.3 is 4.57 Å². The number of imidazole rings is 1. The number of aromatic nitrogens is 2. The molecule has 2 aliphatic rings. The zero-order valence-corrected chi connectivity index (χ0v) is 14.1. The van der Waals surface area contributed by atoms with Crippen molar-refractivity contribution in [3.8, 4) is 0 Å². The Hall–Kier alpha value is -1.82. The van der Waals surface area contributed by atoms with Crippen molar-refractivity contribution in [1.82, 2.24) is 14.5 Å². The first-order chi connectivity index (χ1) is 12.1. The van der Waals surface area contributed by atoms with E-state index in [9.17, 15) is 13.2 Å². The predicted molar refractivity (Wildman–Crippen MR) is 88.5 cm³/mol. The molecule has 1 saturated heterocycles. The van der Waals surface area contributed by atoms with Gasteiger partial charge in [-0.3, -0.25) is 4.90 Å². The Labute approximate surface area is 145 Å². The Balaban J connectivity index is 1.36. The Morgan fingerprint density at radius 2 is 1.68 bits per heavy atom. The zero-order valence-electron chi connectivity index (χ0n) is 14.1. The molecule has 6 heteroatoms. The number of likely N-dealkylation sites (tertiary alicyclic amines) is 1. The van der Waals surface area contributed by atoms with Gasteiger partial charge in [0, 0.05) is 31.4 Å². The highest BCUT2D eigenvalue weighted by molar-refractivity contribution is 5.19. The van der Waals surface area contributed by atoms with E-state index >= 15 is 0 Å². The Morgan fingerprint density at radius 1 is 1.00 bits per heavy atom. The molecule has 4 rings (SSSR count). The summed E-state index contributed by atoms with van der Waals surface area (Å²) in [4.78, 5) is 6.73. The minimum Gasteiger partial charge on any atom is -0.334 e. The van der Waals surface area contributed by atoms with Crippen LogP contribution in [0.1, 0.15) is 43.0 Å². The average Bonchev–Trinajstić information content (AvgIpc) is 3.29. The summed E-state index contributed by atoms with van der Waals surface area (Å²) in [5, 5.41) is 0. The molecule has 0 spiro atoms. The van der Waals surface area contributed by atoms with Crippen LogP contribution in [0.2, 0.25) is 0 Å². The van der Waals surface area contributed by atoms with Crippen molar-refractivity contribution in [3.63, 3.8) is 0 Å². The van der Waals surface area contributed by atoms with E-state index in [1.165, 1.54) is 18.7 Å². The molecule has 0 atom stereocenters. The third-order valence-corrected chi connectivity index (χ3v) is 5.30. The highest BCUT2D eigenvalue weighted by atomic mass is 19.2. The van der Waals surface area contributed by atoms with Crippen LogP contribution in [0.3, 0.4) is 0 Å². The van der Waals surface area contributed by atoms with Crippen LogP contribution < -0.4 is 0 Å². The van der Waals surface area contributed by atoms with E-state index in [4.69, 9.17) is 0 Å². The quantitative estimate of drug-likeness (QED) is 0.758. The number of hydrogen-bond acceptors (Lipinski definition) is 2. The molecule has 2 fully saturated rings. The normalized spacial score (nSPS) is 19.5. The van der Waals surface area contributed by atoms with Crippen LogP contribution >= 0.6 is 0 Å². The molecule has 2 heterocycles. The van der Waals surface area contributed by atoms with Gasteiger partial charge in [0.1, 0.15) is 5.82 Å². The molecule has 1 aliphatic heterocycles. The molecule has 1 saturated carbocycles. The van der Waals surface area contributed by atoms with Gasteiger partial charge in [-0.05, 0) is 62.4 Å². The van der Waals surface area contributed by atoms with Crippen molar-refractivity contribution in [2.24, 2.45) is 5.92 Å². The van der Waals surface area contributed by atoms with Crippen LogP contribution in [0, 0.1) is 23.4 Å². The van der Waals surface area contributed by atoms with Crippen molar-refractivity contribution in [2.75, 3.05) is 13.1 Å². The predicted octanol–water partition coefficient (Wildman–Crippen LogP) is 4.09. The number of benzene rings is 1. The smallest absolute Gasteiger partial charge is 0.194 e. The lowest BCUT2D eigenvalue weighted by molar-refractivity contribution is 0.199. The second kappa shape index (κ2) is 6.83. The third-order valence-electron chi connectivity index (χ3n) is 5.30. The van der Waals surface area contributed by atoms with Crippen LogP contribution in [0.15, 0.2) is 24.5 Å². The van der Waals surface area contributed by atoms with E-state index in [0.29, 0.717) is 18.0 Å². The van der Waals surface area contributed by atoms with Gasteiger partial charge in [-0.2, -0.15) is 0 Å². The molecule has 1 aromatic carbocycles. The van der Waals surface area contributed by atoms with Crippen LogP contribution in [-0.2, 0) is 13.1 Å². The summed E-state index contributed by atoms with van der Waals surface area (Å²) in [5.41, 5.74) is 0.477. The summed E-state index contributed by atoms with van der Waals surface area (Å²) in [7, 11) is 0. The maximum absolute atomic E-state index is 13.4. The van der Waals surface area contributed by atoms with Gasteiger partial charge in [0.15, 0.2) is 17.5 Å². The SMILES string of the molecule is Fc1cc(CN2CCC(c3nccn3CC3CC3)CC2)cc(F)c1F. The van der Waals surface area contributed by atoms with E-state index in [0.717, 1.165) is 50.5 Å². The number of nitrogens with zero attached hydrogens (tertiary/aromatic N) is 3. The van der Waals surface area contributed by atoms with Crippen molar-refractivity contribution >= 4 is 0 Å². The van der Waals surface area contributed by atoms with Gasteiger partial charge in [-0.1, -0.05) is 0 Å². The minimum atomic E-state index is -1.40. The van der Waals surface area contributed by atoms with Crippen molar-refractivity contribution in [1.29, 1.82) is 0 Å². The Bertz CT molecular complexity index is 723. The maximum Gasteiger partial charge on any atom is 0.194 e. The molecule has 0 N–H and O–H groups in total. The molecule has 0 radical (unpaired) electrons. The molecule has 2 aromatic rings. The summed E-state index contributed by atoms with van der Waals surface area (Å²) in [6.45, 7) is 3.21. The topological polar surface area (TPSA) is 21.1 Å². The highest BCUT2D eigenvalue weighted by Crippen LogP contribution is 2.33. The summed E-state index contributed by atoms with van der Waals surface area (Å²) >= 11 is 0. The molecule has 1 aliphatic carbocycles. The van der Waals surface area contributed by atoms with Gasteiger partial charge in [0.05, 0.1) is 0 Å². The van der Waals surface area contributed by atoms with Crippen LogP contribution in [-0.4, -0.2) is 27.5 Å². The lowest BCUT2D eigenvalue weighted by Gasteiger charge is -2.32. The second-order valence-corrected chi connectivity index (χ2v) is 7.31. The van der Waals surface area contributed by atoms with Gasteiger partial charge in [-0.15, -0.1) is 0 Å². The summed E-state index contributed by atoms with van der Waals surface area (Å²) in [6.07, 6.45) is 8.56. The first-order valence-electron chi connectivity index (χ1n) is 8.97. The number of piperidine rings is 1. The highest BCUT2D eigenvalue weighted by Gasteiger charge is 2.27. The minimum absolute atomic E-state index is 0.437. The summed E-state index contributed by atoms with van der Waals surface area (Å²) in [6, 6.07) is 2.18. The van der Waals surface area contributed by atoms with E-state index in [2.05, 4.69) is 20.6 Å². The monoisotopic (exact) mass is 349 g/mol. The standard InChI is InChI=1S/C19H22F3N3/c20-16-9-14(10-17(21)18(16)22)11-24-6-3-15(4-7-24)19-23-5-8-25(19)12-13-1-2-13/h5,8-10,13,15H,1-4,6-7,11-12H2. The molecule has 3 nitrogen and oxygen atoms in total. The van der Waals surface area contributed by atoms with Crippen molar-refractivity contribution in [2.45, 2.75) is 44.7 Å². The van der Waals surface area contributed by atoms with Crippen LogP contribution in [0.4, 0.5) is 13.2 Å². The van der Waals surface area contributed by atoms with Gasteiger partial charge in [0.25, 0.3) is 0 Å². The van der Waals surface area contributed by atoms with Crippen molar-refractivity contribution in [3.05, 3.63) is 53.4 Å². The first-order valence-corrected chi connectivity index (χ1v) is 8.97. The van der Waals surface area contributed by atoms with E-state index in [1.54, 1.807) is 0 Å². The maximum atomic E-state index is 13.4. The number of hydrogen-bond donors (Lipinski definition) is 0. The largest absolute Gasteiger partial charge is 0.334 e. The fourth-order valence-electron chi connectivity index (χ4n) is 3.72. The molecule has 0 amide bonds. The lowest BCUT2D eigenvalue weighted by atomic mass is 9.95. The lowest BCUT2D eigenvalue weighted by Crippen LogP contribution is -2.33. The van der Waals surface area contributed by atoms with Crippen LogP contribution in [0.5, 0.6) is 0 Å². The summed E-state index contributed by atoms with van der Waals surface area (Å²) in [5.74, 6) is -1.21.